The SMILES string of the molecule is CCCCC(CCCC)N[Si](C)(C)C. The maximum Gasteiger partial charge on any atom is 0.116 e. The molecule has 0 rings (SSSR count). The summed E-state index contributed by atoms with van der Waals surface area (Å²) in [4.78, 5) is 3.86. The number of unbranched alkanes of at least 4 members (excludes halogenated alkanes) is 2. The number of hydrogen-bond acceptors (Lipinski definition) is 1. The molecule has 0 heterocycles. The van der Waals surface area contributed by atoms with Crippen LogP contribution in [0, 0.1) is 0 Å². The van der Waals surface area contributed by atoms with Crippen LogP contribution in [0.4, 0.5) is 0 Å². The van der Waals surface area contributed by atoms with Gasteiger partial charge in [0.25, 0.3) is 0 Å². The first kappa shape index (κ1) is 14.2. The molecule has 0 radical (unpaired) electrons. The lowest BCUT2D eigenvalue weighted by atomic mass is 10.1. The van der Waals surface area contributed by atoms with Crippen LogP contribution in [0.25, 0.3) is 0 Å². The molecule has 0 atom stereocenters. The van der Waals surface area contributed by atoms with E-state index in [0.717, 1.165) is 6.04 Å². The second kappa shape index (κ2) is 7.47. The normalized spacial score (nSPS) is 12.4. The zero-order chi connectivity index (χ0) is 11.0. The van der Waals surface area contributed by atoms with Crippen molar-refractivity contribution in [3.63, 3.8) is 0 Å². The highest BCUT2D eigenvalue weighted by molar-refractivity contribution is 6.73. The fourth-order valence-electron chi connectivity index (χ4n) is 1.80. The van der Waals surface area contributed by atoms with Crippen molar-refractivity contribution in [2.24, 2.45) is 0 Å². The smallest absolute Gasteiger partial charge is 0.116 e. The van der Waals surface area contributed by atoms with E-state index in [1.807, 2.05) is 0 Å². The van der Waals surface area contributed by atoms with Gasteiger partial charge in [0.15, 0.2) is 0 Å². The van der Waals surface area contributed by atoms with Crippen molar-refractivity contribution in [3.8, 4) is 0 Å². The zero-order valence-corrected chi connectivity index (χ0v) is 11.8. The lowest BCUT2D eigenvalue weighted by molar-refractivity contribution is 0.483. The molecule has 0 aromatic carbocycles. The summed E-state index contributed by atoms with van der Waals surface area (Å²) in [6.45, 7) is 11.8. The number of rotatable bonds is 8. The van der Waals surface area contributed by atoms with Crippen LogP contribution in [0.15, 0.2) is 0 Å². The van der Waals surface area contributed by atoms with Crippen LogP contribution in [0.2, 0.25) is 19.6 Å². The van der Waals surface area contributed by atoms with Gasteiger partial charge >= 0.3 is 0 Å². The molecule has 0 aliphatic rings. The summed E-state index contributed by atoms with van der Waals surface area (Å²) < 4.78 is 0. The topological polar surface area (TPSA) is 12.0 Å². The van der Waals surface area contributed by atoms with Gasteiger partial charge in [-0.25, -0.2) is 0 Å². The highest BCUT2D eigenvalue weighted by Crippen LogP contribution is 2.11. The van der Waals surface area contributed by atoms with Gasteiger partial charge in [0, 0.05) is 6.04 Å². The molecule has 0 bridgehead atoms. The average Bonchev–Trinajstić information content (AvgIpc) is 2.07. The van der Waals surface area contributed by atoms with Crippen molar-refractivity contribution < 1.29 is 0 Å². The highest BCUT2D eigenvalue weighted by Gasteiger charge is 2.18. The van der Waals surface area contributed by atoms with Crippen LogP contribution >= 0.6 is 0 Å². The van der Waals surface area contributed by atoms with E-state index in [4.69, 9.17) is 0 Å². The standard InChI is InChI=1S/C12H29NSi/c1-6-8-10-12(11-9-7-2)13-14(3,4)5/h12-13H,6-11H2,1-5H3. The lowest BCUT2D eigenvalue weighted by Gasteiger charge is -2.27. The summed E-state index contributed by atoms with van der Waals surface area (Å²) in [5.74, 6) is 0. The van der Waals surface area contributed by atoms with Crippen LogP contribution in [0.5, 0.6) is 0 Å². The molecule has 1 N–H and O–H groups in total. The first-order valence-corrected chi connectivity index (χ1v) is 9.77. The number of hydrogen-bond donors (Lipinski definition) is 1. The Kier molecular flexibility index (Phi) is 7.56. The van der Waals surface area contributed by atoms with E-state index in [2.05, 4.69) is 38.5 Å². The molecule has 0 amide bonds. The van der Waals surface area contributed by atoms with Gasteiger partial charge in [-0.3, -0.25) is 0 Å². The summed E-state index contributed by atoms with van der Waals surface area (Å²) in [5, 5.41) is 0. The van der Waals surface area contributed by atoms with Crippen LogP contribution in [0.3, 0.4) is 0 Å². The van der Waals surface area contributed by atoms with Crippen LogP contribution in [0.1, 0.15) is 52.4 Å². The van der Waals surface area contributed by atoms with E-state index in [1.165, 1.54) is 38.5 Å². The third-order valence-corrected chi connectivity index (χ3v) is 3.72. The fourth-order valence-corrected chi connectivity index (χ4v) is 3.32. The summed E-state index contributed by atoms with van der Waals surface area (Å²) in [6, 6.07) is 0.793. The van der Waals surface area contributed by atoms with Crippen LogP contribution in [-0.2, 0) is 0 Å². The molecule has 0 aliphatic heterocycles. The first-order valence-electron chi connectivity index (χ1n) is 6.27. The third-order valence-electron chi connectivity index (χ3n) is 2.45. The Hall–Kier alpha value is 0.177. The second-order valence-electron chi connectivity index (χ2n) is 5.38. The summed E-state index contributed by atoms with van der Waals surface area (Å²) in [7, 11) is -1.07. The van der Waals surface area contributed by atoms with E-state index in [1.54, 1.807) is 0 Å². The monoisotopic (exact) mass is 215 g/mol. The minimum atomic E-state index is -1.07. The van der Waals surface area contributed by atoms with Crippen molar-refractivity contribution in [2.75, 3.05) is 0 Å². The Balaban J connectivity index is 3.84. The minimum absolute atomic E-state index is 0.793. The Bertz CT molecular complexity index is 121. The third kappa shape index (κ3) is 8.76. The summed E-state index contributed by atoms with van der Waals surface area (Å²) in [5.41, 5.74) is 0. The van der Waals surface area contributed by atoms with Crippen LogP contribution < -0.4 is 4.98 Å². The van der Waals surface area contributed by atoms with Gasteiger partial charge in [-0.2, -0.15) is 0 Å². The van der Waals surface area contributed by atoms with Gasteiger partial charge in [-0.05, 0) is 12.8 Å². The Morgan fingerprint density at radius 2 is 1.36 bits per heavy atom. The molecule has 1 nitrogen and oxygen atoms in total. The van der Waals surface area contributed by atoms with Crippen molar-refractivity contribution in [1.29, 1.82) is 0 Å². The maximum absolute atomic E-state index is 3.86. The molecule has 2 heteroatoms. The molecular formula is C12H29NSi. The number of nitrogens with one attached hydrogen (secondary N) is 1. The van der Waals surface area contributed by atoms with Gasteiger partial charge in [-0.15, -0.1) is 0 Å². The molecule has 86 valence electrons. The van der Waals surface area contributed by atoms with E-state index in [-0.39, 0.29) is 0 Å². The highest BCUT2D eigenvalue weighted by atomic mass is 28.3. The average molecular weight is 215 g/mol. The van der Waals surface area contributed by atoms with Gasteiger partial charge in [0.1, 0.15) is 8.24 Å². The van der Waals surface area contributed by atoms with Crippen molar-refractivity contribution in [1.82, 2.24) is 4.98 Å². The molecular weight excluding hydrogens is 186 g/mol. The Labute approximate surface area is 91.8 Å². The van der Waals surface area contributed by atoms with Crippen molar-refractivity contribution in [3.05, 3.63) is 0 Å². The Morgan fingerprint density at radius 3 is 1.64 bits per heavy atom. The predicted molar refractivity (Wildman–Crippen MR) is 69.3 cm³/mol. The molecule has 0 saturated heterocycles. The van der Waals surface area contributed by atoms with Gasteiger partial charge in [-0.1, -0.05) is 59.2 Å². The van der Waals surface area contributed by atoms with E-state index in [9.17, 15) is 0 Å². The van der Waals surface area contributed by atoms with E-state index < -0.39 is 8.24 Å². The molecule has 14 heavy (non-hydrogen) atoms. The fraction of sp³-hybridized carbons (Fsp3) is 1.00. The predicted octanol–water partition coefficient (Wildman–Crippen LogP) is 4.16. The molecule has 0 aromatic rings. The first-order chi connectivity index (χ1) is 6.49. The molecule has 0 aromatic heterocycles. The molecule has 0 aliphatic carbocycles. The summed E-state index contributed by atoms with van der Waals surface area (Å²) in [6.07, 6.45) is 8.17. The lowest BCUT2D eigenvalue weighted by Crippen LogP contribution is -2.47. The molecule has 0 fully saturated rings. The zero-order valence-electron chi connectivity index (χ0n) is 10.8. The van der Waals surface area contributed by atoms with E-state index >= 15 is 0 Å². The van der Waals surface area contributed by atoms with Crippen molar-refractivity contribution >= 4 is 8.24 Å². The van der Waals surface area contributed by atoms with E-state index in [0.29, 0.717) is 0 Å². The second-order valence-corrected chi connectivity index (χ2v) is 10.2. The Morgan fingerprint density at radius 1 is 0.929 bits per heavy atom. The van der Waals surface area contributed by atoms with Gasteiger partial charge in [0.2, 0.25) is 0 Å². The van der Waals surface area contributed by atoms with Gasteiger partial charge in [0.05, 0.1) is 0 Å². The maximum atomic E-state index is 3.86. The minimum Gasteiger partial charge on any atom is -0.335 e. The van der Waals surface area contributed by atoms with Crippen molar-refractivity contribution in [2.45, 2.75) is 78.1 Å². The molecule has 0 spiro atoms. The quantitative estimate of drug-likeness (QED) is 0.600. The molecule has 0 unspecified atom stereocenters. The van der Waals surface area contributed by atoms with Gasteiger partial charge < -0.3 is 4.98 Å². The van der Waals surface area contributed by atoms with Crippen LogP contribution in [-0.4, -0.2) is 14.3 Å². The molecule has 0 saturated carbocycles. The summed E-state index contributed by atoms with van der Waals surface area (Å²) >= 11 is 0. The largest absolute Gasteiger partial charge is 0.335 e.